The topological polar surface area (TPSA) is 174 Å². The number of nitrogens with two attached hydrogens (primary N) is 1. The van der Waals surface area contributed by atoms with Crippen molar-refractivity contribution in [3.63, 3.8) is 0 Å². The van der Waals surface area contributed by atoms with Gasteiger partial charge in [0.1, 0.15) is 6.04 Å². The number of benzene rings is 2. The maximum atomic E-state index is 13.0. The normalized spacial score (nSPS) is 12.2. The molecule has 3 rings (SSSR count). The van der Waals surface area contributed by atoms with Gasteiger partial charge < -0.3 is 24.9 Å². The van der Waals surface area contributed by atoms with Crippen molar-refractivity contribution in [1.82, 2.24) is 20.8 Å². The molecule has 12 nitrogen and oxygen atoms in total. The monoisotopic (exact) mass is 524 g/mol. The molecule has 1 unspecified atom stereocenters. The Balaban J connectivity index is 1.63. The van der Waals surface area contributed by atoms with E-state index in [1.807, 2.05) is 19.9 Å². The molecule has 0 saturated carbocycles. The minimum Gasteiger partial charge on any atom is -0.493 e. The minimum absolute atomic E-state index is 0.0318. The second kappa shape index (κ2) is 13.1. The van der Waals surface area contributed by atoms with Crippen LogP contribution in [0.4, 0.5) is 0 Å². The Kier molecular flexibility index (Phi) is 9.63. The van der Waals surface area contributed by atoms with E-state index in [1.165, 1.54) is 14.2 Å². The number of guanidine groups is 1. The van der Waals surface area contributed by atoms with Crippen molar-refractivity contribution in [2.24, 2.45) is 16.6 Å². The maximum absolute atomic E-state index is 13.0. The number of nitrogens with zero attached hydrogens (tertiary/aromatic N) is 2. The second-order valence-electron chi connectivity index (χ2n) is 8.91. The van der Waals surface area contributed by atoms with Gasteiger partial charge in [-0.25, -0.2) is 14.9 Å². The fourth-order valence-electron chi connectivity index (χ4n) is 3.70. The van der Waals surface area contributed by atoms with Crippen molar-refractivity contribution in [3.05, 3.63) is 64.1 Å². The fourth-order valence-corrected chi connectivity index (χ4v) is 3.70. The van der Waals surface area contributed by atoms with Crippen molar-refractivity contribution in [2.75, 3.05) is 14.2 Å². The molecule has 3 aromatic rings. The molecule has 12 heteroatoms. The van der Waals surface area contributed by atoms with Crippen LogP contribution in [0.5, 0.6) is 11.5 Å². The lowest BCUT2D eigenvalue weighted by Crippen LogP contribution is -2.41. The van der Waals surface area contributed by atoms with Crippen LogP contribution in [0.3, 0.4) is 0 Å². The molecule has 1 heterocycles. The Labute approximate surface area is 219 Å². The third-order valence-electron chi connectivity index (χ3n) is 5.45. The van der Waals surface area contributed by atoms with Gasteiger partial charge in [0.15, 0.2) is 17.5 Å². The van der Waals surface area contributed by atoms with Gasteiger partial charge in [0.25, 0.3) is 0 Å². The Hall–Kier alpha value is -4.61. The first-order valence-electron chi connectivity index (χ1n) is 11.9. The van der Waals surface area contributed by atoms with Crippen LogP contribution in [-0.4, -0.2) is 48.2 Å². The molecular formula is C26H32N6O6. The SMILES string of the molecule is COc1ccc(CC(=O)NC(N)=NC(CC(C)C)C(=O)NCc2cccc(-c3n[nH]c(=O)o3)c2)cc1OC. The number of ether oxygens (including phenoxy) is 2. The molecule has 202 valence electrons. The van der Waals surface area contributed by atoms with Crippen LogP contribution in [0, 0.1) is 5.92 Å². The summed E-state index contributed by atoms with van der Waals surface area (Å²) in [6.07, 6.45) is 0.459. The zero-order chi connectivity index (χ0) is 27.7. The highest BCUT2D eigenvalue weighted by Crippen LogP contribution is 2.27. The molecule has 0 fully saturated rings. The lowest BCUT2D eigenvalue weighted by atomic mass is 10.0. The number of rotatable bonds is 11. The molecule has 2 amide bonds. The minimum atomic E-state index is -0.802. The Morgan fingerprint density at radius 1 is 1.11 bits per heavy atom. The second-order valence-corrected chi connectivity index (χ2v) is 8.91. The van der Waals surface area contributed by atoms with E-state index in [9.17, 15) is 14.4 Å². The van der Waals surface area contributed by atoms with Crippen LogP contribution < -0.4 is 31.6 Å². The molecular weight excluding hydrogens is 492 g/mol. The Morgan fingerprint density at radius 3 is 2.53 bits per heavy atom. The molecule has 5 N–H and O–H groups in total. The maximum Gasteiger partial charge on any atom is 0.434 e. The highest BCUT2D eigenvalue weighted by molar-refractivity contribution is 5.98. The van der Waals surface area contributed by atoms with Crippen LogP contribution in [-0.2, 0) is 22.6 Å². The zero-order valence-corrected chi connectivity index (χ0v) is 21.7. The van der Waals surface area contributed by atoms with E-state index in [2.05, 4.69) is 25.8 Å². The number of carbonyl (C=O) groups is 2. The number of hydrogen-bond acceptors (Lipinski definition) is 8. The molecule has 0 aliphatic rings. The van der Waals surface area contributed by atoms with Crippen molar-refractivity contribution < 1.29 is 23.5 Å². The third kappa shape index (κ3) is 7.95. The van der Waals surface area contributed by atoms with Crippen molar-refractivity contribution in [3.8, 4) is 23.0 Å². The van der Waals surface area contributed by atoms with Gasteiger partial charge in [-0.2, -0.15) is 0 Å². The number of nitrogens with one attached hydrogen (secondary N) is 3. The molecule has 0 radical (unpaired) electrons. The van der Waals surface area contributed by atoms with Crippen molar-refractivity contribution in [1.29, 1.82) is 0 Å². The first kappa shape index (κ1) is 28.0. The van der Waals surface area contributed by atoms with Gasteiger partial charge in [0.2, 0.25) is 17.7 Å². The fraction of sp³-hybridized carbons (Fsp3) is 0.346. The van der Waals surface area contributed by atoms with E-state index in [-0.39, 0.29) is 42.5 Å². The van der Waals surface area contributed by atoms with Crippen LogP contribution in [0.1, 0.15) is 31.4 Å². The van der Waals surface area contributed by atoms with E-state index in [4.69, 9.17) is 19.6 Å². The third-order valence-corrected chi connectivity index (χ3v) is 5.45. The summed E-state index contributed by atoms with van der Waals surface area (Å²) >= 11 is 0. The van der Waals surface area contributed by atoms with E-state index in [0.29, 0.717) is 29.0 Å². The van der Waals surface area contributed by atoms with E-state index in [1.54, 1.807) is 36.4 Å². The van der Waals surface area contributed by atoms with Gasteiger partial charge in [-0.3, -0.25) is 14.9 Å². The number of amides is 2. The summed E-state index contributed by atoms with van der Waals surface area (Å²) < 4.78 is 15.5. The average molecular weight is 525 g/mol. The van der Waals surface area contributed by atoms with Crippen LogP contribution in [0.25, 0.3) is 11.5 Å². The Bertz CT molecular complexity index is 1350. The highest BCUT2D eigenvalue weighted by Gasteiger charge is 2.20. The molecule has 1 aromatic heterocycles. The predicted molar refractivity (Wildman–Crippen MR) is 141 cm³/mol. The summed E-state index contributed by atoms with van der Waals surface area (Å²) in [5, 5.41) is 11.4. The van der Waals surface area contributed by atoms with Crippen LogP contribution >= 0.6 is 0 Å². The van der Waals surface area contributed by atoms with Gasteiger partial charge in [0.05, 0.1) is 20.6 Å². The lowest BCUT2D eigenvalue weighted by molar-refractivity contribution is -0.123. The number of carbonyl (C=O) groups excluding carboxylic acids is 2. The molecule has 2 aromatic carbocycles. The summed E-state index contributed by atoms with van der Waals surface area (Å²) in [6, 6.07) is 11.4. The quantitative estimate of drug-likeness (QED) is 0.217. The van der Waals surface area contributed by atoms with Crippen molar-refractivity contribution >= 4 is 17.8 Å². The molecule has 0 bridgehead atoms. The number of H-pyrrole nitrogens is 1. The molecule has 0 saturated heterocycles. The number of aromatic nitrogens is 2. The summed E-state index contributed by atoms with van der Waals surface area (Å²) in [4.78, 5) is 41.0. The Morgan fingerprint density at radius 2 is 1.87 bits per heavy atom. The standard InChI is InChI=1S/C26H32N6O6/c1-15(2)10-19(23(34)28-14-17-6-5-7-18(11-17)24-31-32-26(35)38-24)29-25(27)30-22(33)13-16-8-9-20(36-3)21(12-16)37-4/h5-9,11-12,15,19H,10,13-14H2,1-4H3,(H,28,34)(H,32,35)(H3,27,29,30,33). The lowest BCUT2D eigenvalue weighted by Gasteiger charge is -2.16. The number of hydrogen-bond donors (Lipinski definition) is 4. The van der Waals surface area contributed by atoms with Gasteiger partial charge in [0, 0.05) is 12.1 Å². The first-order valence-corrected chi connectivity index (χ1v) is 11.9. The summed E-state index contributed by atoms with van der Waals surface area (Å²) in [6.45, 7) is 4.13. The van der Waals surface area contributed by atoms with Gasteiger partial charge in [-0.05, 0) is 47.7 Å². The van der Waals surface area contributed by atoms with Crippen LogP contribution in [0.15, 0.2) is 56.7 Å². The summed E-state index contributed by atoms with van der Waals surface area (Å²) in [7, 11) is 3.05. The van der Waals surface area contributed by atoms with Crippen LogP contribution in [0.2, 0.25) is 0 Å². The summed E-state index contributed by atoms with van der Waals surface area (Å²) in [5.41, 5.74) is 8.04. The molecule has 0 aliphatic carbocycles. The van der Waals surface area contributed by atoms with Gasteiger partial charge in [-0.1, -0.05) is 32.0 Å². The van der Waals surface area contributed by atoms with E-state index >= 15 is 0 Å². The zero-order valence-electron chi connectivity index (χ0n) is 21.7. The van der Waals surface area contributed by atoms with Crippen molar-refractivity contribution in [2.45, 2.75) is 39.3 Å². The van der Waals surface area contributed by atoms with Gasteiger partial charge in [-0.15, -0.1) is 5.10 Å². The highest BCUT2D eigenvalue weighted by atomic mass is 16.5. The largest absolute Gasteiger partial charge is 0.493 e. The molecule has 1 atom stereocenters. The predicted octanol–water partition coefficient (Wildman–Crippen LogP) is 1.75. The first-order chi connectivity index (χ1) is 18.2. The number of aliphatic imine (C=N–C) groups is 1. The van der Waals surface area contributed by atoms with E-state index in [0.717, 1.165) is 5.56 Å². The molecule has 38 heavy (non-hydrogen) atoms. The molecule has 0 spiro atoms. The van der Waals surface area contributed by atoms with E-state index < -0.39 is 11.8 Å². The smallest absolute Gasteiger partial charge is 0.434 e. The number of methoxy groups -OCH3 is 2. The number of aromatic amines is 1. The summed E-state index contributed by atoms with van der Waals surface area (Å²) in [5.74, 6) is -0.158. The molecule has 0 aliphatic heterocycles. The average Bonchev–Trinajstić information content (AvgIpc) is 3.32. The van der Waals surface area contributed by atoms with Gasteiger partial charge >= 0.3 is 5.76 Å².